The molecule has 0 fully saturated rings. The molecule has 0 aliphatic rings. The number of aromatic nitrogens is 1. The first kappa shape index (κ1) is 11.4. The summed E-state index contributed by atoms with van der Waals surface area (Å²) < 4.78 is 37.4. The van der Waals surface area contributed by atoms with Gasteiger partial charge in [0.25, 0.3) is 12.4 Å². The molecule has 1 heterocycles. The highest BCUT2D eigenvalue weighted by atomic mass is 19.3. The summed E-state index contributed by atoms with van der Waals surface area (Å²) in [6.07, 6.45) is -3.06. The molecule has 0 unspecified atom stereocenters. The zero-order chi connectivity index (χ0) is 11.6. The summed E-state index contributed by atoms with van der Waals surface area (Å²) in [6.45, 7) is -0.908. The third-order valence-corrected chi connectivity index (χ3v) is 1.65. The molecule has 0 aliphatic heterocycles. The van der Waals surface area contributed by atoms with Gasteiger partial charge in [0.05, 0.1) is 17.2 Å². The molecule has 1 rings (SSSR count). The Kier molecular flexibility index (Phi) is 3.20. The topological polar surface area (TPSA) is 76.3 Å². The van der Waals surface area contributed by atoms with E-state index in [9.17, 15) is 23.3 Å². The highest BCUT2D eigenvalue weighted by Gasteiger charge is 2.23. The summed E-state index contributed by atoms with van der Waals surface area (Å²) >= 11 is 0. The average Bonchev–Trinajstić information content (AvgIpc) is 2.16. The van der Waals surface area contributed by atoms with Gasteiger partial charge in [0, 0.05) is 11.6 Å². The normalized spacial score (nSPS) is 10.7. The van der Waals surface area contributed by atoms with E-state index in [1.54, 1.807) is 0 Å². The van der Waals surface area contributed by atoms with Crippen molar-refractivity contribution in [2.45, 2.75) is 13.0 Å². The summed E-state index contributed by atoms with van der Waals surface area (Å²) in [7, 11) is 0. The first-order chi connectivity index (χ1) is 6.97. The van der Waals surface area contributed by atoms with E-state index < -0.39 is 40.8 Å². The van der Waals surface area contributed by atoms with Gasteiger partial charge >= 0.3 is 5.69 Å². The van der Waals surface area contributed by atoms with Crippen LogP contribution < -0.4 is 0 Å². The molecule has 0 atom stereocenters. The summed E-state index contributed by atoms with van der Waals surface area (Å²) in [4.78, 5) is 12.0. The molecule has 1 aromatic rings. The molecule has 1 N–H and O–H groups in total. The van der Waals surface area contributed by atoms with Crippen LogP contribution in [0.15, 0.2) is 6.07 Å². The van der Waals surface area contributed by atoms with Crippen LogP contribution in [0.3, 0.4) is 0 Å². The van der Waals surface area contributed by atoms with Crippen molar-refractivity contribution < 1.29 is 23.2 Å². The zero-order valence-corrected chi connectivity index (χ0v) is 7.15. The van der Waals surface area contributed by atoms with Gasteiger partial charge in [-0.25, -0.2) is 13.8 Å². The van der Waals surface area contributed by atoms with E-state index in [4.69, 9.17) is 5.11 Å². The van der Waals surface area contributed by atoms with E-state index in [1.165, 1.54) is 0 Å². The molecule has 0 aromatic carbocycles. The number of aliphatic hydroxyl groups is 1. The molecule has 0 saturated carbocycles. The van der Waals surface area contributed by atoms with Gasteiger partial charge in [-0.1, -0.05) is 0 Å². The van der Waals surface area contributed by atoms with Gasteiger partial charge in [-0.2, -0.15) is 4.39 Å². The van der Waals surface area contributed by atoms with Crippen molar-refractivity contribution in [3.8, 4) is 0 Å². The van der Waals surface area contributed by atoms with Gasteiger partial charge in [0.2, 0.25) is 0 Å². The lowest BCUT2D eigenvalue weighted by molar-refractivity contribution is -0.388. The Balaban J connectivity index is 3.37. The van der Waals surface area contributed by atoms with Crippen LogP contribution in [0.2, 0.25) is 0 Å². The maximum atomic E-state index is 12.8. The molecule has 15 heavy (non-hydrogen) atoms. The molecule has 0 saturated heterocycles. The number of halogens is 3. The Morgan fingerprint density at radius 1 is 1.60 bits per heavy atom. The second-order valence-corrected chi connectivity index (χ2v) is 2.55. The van der Waals surface area contributed by atoms with E-state index in [0.29, 0.717) is 6.07 Å². The van der Waals surface area contributed by atoms with Crippen LogP contribution in [0.5, 0.6) is 0 Å². The number of rotatable bonds is 3. The molecule has 82 valence electrons. The van der Waals surface area contributed by atoms with Gasteiger partial charge in [-0.05, 0) is 0 Å². The molecule has 1 aromatic heterocycles. The third-order valence-electron chi connectivity index (χ3n) is 1.65. The monoisotopic (exact) mass is 222 g/mol. The van der Waals surface area contributed by atoms with E-state index in [0.717, 1.165) is 0 Å². The minimum atomic E-state index is -3.06. The smallest absolute Gasteiger partial charge is 0.324 e. The van der Waals surface area contributed by atoms with Gasteiger partial charge in [0.15, 0.2) is 0 Å². The molecular weight excluding hydrogens is 217 g/mol. The summed E-state index contributed by atoms with van der Waals surface area (Å²) in [5, 5.41) is 18.8. The fraction of sp³-hybridized carbons (Fsp3) is 0.286. The van der Waals surface area contributed by atoms with Crippen molar-refractivity contribution in [3.63, 3.8) is 0 Å². The van der Waals surface area contributed by atoms with Crippen molar-refractivity contribution in [1.82, 2.24) is 4.98 Å². The van der Waals surface area contributed by atoms with E-state index in [1.807, 2.05) is 0 Å². The molecule has 0 radical (unpaired) electrons. The van der Waals surface area contributed by atoms with E-state index in [2.05, 4.69) is 4.98 Å². The lowest BCUT2D eigenvalue weighted by Crippen LogP contribution is -2.04. The Bertz CT molecular complexity index is 397. The van der Waals surface area contributed by atoms with Crippen LogP contribution in [-0.4, -0.2) is 15.0 Å². The summed E-state index contributed by atoms with van der Waals surface area (Å²) in [6, 6.07) is 0.374. The highest BCUT2D eigenvalue weighted by molar-refractivity contribution is 5.36. The maximum Gasteiger partial charge on any atom is 0.324 e. The minimum absolute atomic E-state index is 0.374. The number of hydrogen-bond acceptors (Lipinski definition) is 4. The van der Waals surface area contributed by atoms with Crippen LogP contribution in [0, 0.1) is 16.1 Å². The van der Waals surface area contributed by atoms with Crippen LogP contribution in [0.4, 0.5) is 18.9 Å². The average molecular weight is 222 g/mol. The van der Waals surface area contributed by atoms with Gasteiger partial charge < -0.3 is 5.11 Å². The molecule has 8 heteroatoms. The van der Waals surface area contributed by atoms with Gasteiger partial charge in [0.1, 0.15) is 0 Å². The van der Waals surface area contributed by atoms with E-state index in [-0.39, 0.29) is 0 Å². The Labute approximate surface area is 81.3 Å². The number of nitrogens with zero attached hydrogens (tertiary/aromatic N) is 2. The van der Waals surface area contributed by atoms with Gasteiger partial charge in [-0.15, -0.1) is 0 Å². The lowest BCUT2D eigenvalue weighted by Gasteiger charge is -2.05. The van der Waals surface area contributed by atoms with Crippen molar-refractivity contribution in [1.29, 1.82) is 0 Å². The number of nitro groups is 1. The zero-order valence-electron chi connectivity index (χ0n) is 7.15. The Hall–Kier alpha value is -1.70. The minimum Gasteiger partial charge on any atom is -0.390 e. The fourth-order valence-electron chi connectivity index (χ4n) is 0.974. The van der Waals surface area contributed by atoms with Crippen LogP contribution >= 0.6 is 0 Å². The molecule has 0 amide bonds. The lowest BCUT2D eigenvalue weighted by atomic mass is 10.2. The predicted molar refractivity (Wildman–Crippen MR) is 41.7 cm³/mol. The summed E-state index contributed by atoms with van der Waals surface area (Å²) in [5.74, 6) is -1.49. The number of alkyl halides is 2. The fourth-order valence-corrected chi connectivity index (χ4v) is 0.974. The first-order valence-corrected chi connectivity index (χ1v) is 3.70. The van der Waals surface area contributed by atoms with E-state index >= 15 is 0 Å². The van der Waals surface area contributed by atoms with Gasteiger partial charge in [-0.3, -0.25) is 10.1 Å². The number of hydrogen-bond donors (Lipinski definition) is 1. The van der Waals surface area contributed by atoms with Crippen molar-refractivity contribution in [2.75, 3.05) is 0 Å². The van der Waals surface area contributed by atoms with Crippen molar-refractivity contribution >= 4 is 5.69 Å². The second kappa shape index (κ2) is 4.22. The van der Waals surface area contributed by atoms with Crippen LogP contribution in [-0.2, 0) is 6.61 Å². The predicted octanol–water partition coefficient (Wildman–Crippen LogP) is 1.56. The molecule has 0 aliphatic carbocycles. The quantitative estimate of drug-likeness (QED) is 0.478. The van der Waals surface area contributed by atoms with Crippen molar-refractivity contribution in [2.24, 2.45) is 0 Å². The second-order valence-electron chi connectivity index (χ2n) is 2.55. The van der Waals surface area contributed by atoms with Crippen LogP contribution in [0.25, 0.3) is 0 Å². The first-order valence-electron chi connectivity index (χ1n) is 3.70. The Morgan fingerprint density at radius 3 is 2.60 bits per heavy atom. The van der Waals surface area contributed by atoms with Crippen molar-refractivity contribution in [3.05, 3.63) is 33.4 Å². The SMILES string of the molecule is O=[N+]([O-])c1cc(C(F)F)c(CO)nc1F. The number of aliphatic hydroxyl groups excluding tert-OH is 1. The molecule has 0 bridgehead atoms. The highest BCUT2D eigenvalue weighted by Crippen LogP contribution is 2.27. The summed E-state index contributed by atoms with van der Waals surface area (Å²) in [5.41, 5.74) is -2.58. The molecule has 0 spiro atoms. The Morgan fingerprint density at radius 2 is 2.20 bits per heavy atom. The molecular formula is C7H5F3N2O3. The number of pyridine rings is 1. The largest absolute Gasteiger partial charge is 0.390 e. The molecule has 5 nitrogen and oxygen atoms in total. The third kappa shape index (κ3) is 2.21. The standard InChI is InChI=1S/C7H5F3N2O3/c8-6(9)3-1-5(12(14)15)7(10)11-4(3)2-13/h1,6,13H,2H2. The van der Waals surface area contributed by atoms with Crippen LogP contribution in [0.1, 0.15) is 17.7 Å². The maximum absolute atomic E-state index is 12.8.